The second-order valence-electron chi connectivity index (χ2n) is 4.57. The van der Waals surface area contributed by atoms with Crippen LogP contribution in [0.25, 0.3) is 0 Å². The lowest BCUT2D eigenvalue weighted by Gasteiger charge is -2.03. The Morgan fingerprint density at radius 2 is 1.95 bits per heavy atom. The van der Waals surface area contributed by atoms with E-state index >= 15 is 0 Å². The number of carbonyl (C=O) groups excluding carboxylic acids is 1. The molecule has 0 radical (unpaired) electrons. The minimum Gasteiger partial charge on any atom is -0.508 e. The van der Waals surface area contributed by atoms with E-state index < -0.39 is 0 Å². The maximum absolute atomic E-state index is 11.7. The average molecular weight is 300 g/mol. The molecule has 0 aliphatic rings. The number of hydrazone groups is 1. The first-order chi connectivity index (χ1) is 10.6. The number of hydrogen-bond donors (Lipinski definition) is 3. The molecule has 0 spiro atoms. The second-order valence-corrected chi connectivity index (χ2v) is 4.57. The van der Waals surface area contributed by atoms with Gasteiger partial charge in [0, 0.05) is 0 Å². The van der Waals surface area contributed by atoms with Gasteiger partial charge in [0.05, 0.1) is 19.7 Å². The summed E-state index contributed by atoms with van der Waals surface area (Å²) in [7, 11) is 1.46. The van der Waals surface area contributed by atoms with Crippen LogP contribution in [-0.4, -0.2) is 29.4 Å². The van der Waals surface area contributed by atoms with Crippen molar-refractivity contribution in [3.63, 3.8) is 0 Å². The molecule has 2 aromatic carbocycles. The molecule has 0 fully saturated rings. The molecular formula is C16H16N2O4. The SMILES string of the molecule is COc1ccc(/C=N\NC(=O)Cc2ccc(O)cc2)cc1O. The molecule has 6 heteroatoms. The predicted octanol–water partition coefficient (Wildman–Crippen LogP) is 1.80. The molecule has 0 bridgehead atoms. The maximum atomic E-state index is 11.7. The molecule has 0 aliphatic heterocycles. The van der Waals surface area contributed by atoms with Crippen LogP contribution >= 0.6 is 0 Å². The zero-order valence-electron chi connectivity index (χ0n) is 12.0. The van der Waals surface area contributed by atoms with Gasteiger partial charge in [0.2, 0.25) is 5.91 Å². The van der Waals surface area contributed by atoms with Crippen LogP contribution in [0.5, 0.6) is 17.2 Å². The van der Waals surface area contributed by atoms with Crippen molar-refractivity contribution in [3.8, 4) is 17.2 Å². The van der Waals surface area contributed by atoms with Gasteiger partial charge in [-0.15, -0.1) is 0 Å². The number of nitrogens with one attached hydrogen (secondary N) is 1. The number of phenolic OH excluding ortho intramolecular Hbond substituents is 2. The van der Waals surface area contributed by atoms with Crippen molar-refractivity contribution >= 4 is 12.1 Å². The molecule has 22 heavy (non-hydrogen) atoms. The first-order valence-corrected chi connectivity index (χ1v) is 6.55. The monoisotopic (exact) mass is 300 g/mol. The van der Waals surface area contributed by atoms with Gasteiger partial charge in [-0.2, -0.15) is 5.10 Å². The van der Waals surface area contributed by atoms with Gasteiger partial charge in [-0.3, -0.25) is 4.79 Å². The molecule has 0 aromatic heterocycles. The highest BCUT2D eigenvalue weighted by atomic mass is 16.5. The number of hydrogen-bond acceptors (Lipinski definition) is 5. The van der Waals surface area contributed by atoms with Crippen molar-refractivity contribution in [1.29, 1.82) is 0 Å². The van der Waals surface area contributed by atoms with Crippen molar-refractivity contribution < 1.29 is 19.7 Å². The normalized spacial score (nSPS) is 10.6. The Morgan fingerprint density at radius 3 is 2.59 bits per heavy atom. The van der Waals surface area contributed by atoms with Crippen LogP contribution in [0, 0.1) is 0 Å². The molecule has 6 nitrogen and oxygen atoms in total. The van der Waals surface area contributed by atoms with Crippen LogP contribution in [-0.2, 0) is 11.2 Å². The smallest absolute Gasteiger partial charge is 0.244 e. The molecule has 2 rings (SSSR count). The number of amides is 1. The fourth-order valence-electron chi connectivity index (χ4n) is 1.80. The number of benzene rings is 2. The highest BCUT2D eigenvalue weighted by Gasteiger charge is 2.03. The second kappa shape index (κ2) is 7.12. The van der Waals surface area contributed by atoms with Crippen molar-refractivity contribution in [3.05, 3.63) is 53.6 Å². The van der Waals surface area contributed by atoms with Crippen molar-refractivity contribution in [2.75, 3.05) is 7.11 Å². The minimum absolute atomic E-state index is 0.00173. The summed E-state index contributed by atoms with van der Waals surface area (Å²) in [4.78, 5) is 11.7. The van der Waals surface area contributed by atoms with Crippen LogP contribution in [0.15, 0.2) is 47.6 Å². The van der Waals surface area contributed by atoms with E-state index in [4.69, 9.17) is 9.84 Å². The number of rotatable bonds is 5. The van der Waals surface area contributed by atoms with E-state index in [0.717, 1.165) is 5.56 Å². The number of nitrogens with zero attached hydrogens (tertiary/aromatic N) is 1. The van der Waals surface area contributed by atoms with Crippen LogP contribution in [0.1, 0.15) is 11.1 Å². The van der Waals surface area contributed by atoms with Crippen LogP contribution in [0.4, 0.5) is 0 Å². The fourth-order valence-corrected chi connectivity index (χ4v) is 1.80. The third kappa shape index (κ3) is 4.24. The summed E-state index contributed by atoms with van der Waals surface area (Å²) in [5, 5.41) is 22.6. The summed E-state index contributed by atoms with van der Waals surface area (Å²) in [6.07, 6.45) is 1.58. The van der Waals surface area contributed by atoms with E-state index in [1.807, 2.05) is 0 Å². The summed E-state index contributed by atoms with van der Waals surface area (Å²) in [5.74, 6) is 0.247. The van der Waals surface area contributed by atoms with E-state index in [0.29, 0.717) is 11.3 Å². The van der Waals surface area contributed by atoms with Gasteiger partial charge in [0.1, 0.15) is 5.75 Å². The Hall–Kier alpha value is -3.02. The Bertz CT molecular complexity index is 681. The lowest BCUT2D eigenvalue weighted by atomic mass is 10.1. The largest absolute Gasteiger partial charge is 0.508 e. The lowest BCUT2D eigenvalue weighted by molar-refractivity contribution is -0.120. The maximum Gasteiger partial charge on any atom is 0.244 e. The van der Waals surface area contributed by atoms with E-state index in [-0.39, 0.29) is 23.8 Å². The molecule has 0 atom stereocenters. The summed E-state index contributed by atoms with van der Waals surface area (Å²) in [5.41, 5.74) is 3.80. The van der Waals surface area contributed by atoms with Gasteiger partial charge < -0.3 is 14.9 Å². The fraction of sp³-hybridized carbons (Fsp3) is 0.125. The van der Waals surface area contributed by atoms with Crippen LogP contribution in [0.2, 0.25) is 0 Å². The molecule has 1 amide bonds. The third-order valence-corrected chi connectivity index (χ3v) is 2.91. The Morgan fingerprint density at radius 1 is 1.23 bits per heavy atom. The molecule has 0 saturated carbocycles. The highest BCUT2D eigenvalue weighted by molar-refractivity contribution is 5.84. The lowest BCUT2D eigenvalue weighted by Crippen LogP contribution is -2.19. The predicted molar refractivity (Wildman–Crippen MR) is 82.2 cm³/mol. The Kier molecular flexibility index (Phi) is 4.98. The Labute approximate surface area is 127 Å². The third-order valence-electron chi connectivity index (χ3n) is 2.91. The van der Waals surface area contributed by atoms with Crippen molar-refractivity contribution in [2.45, 2.75) is 6.42 Å². The number of ether oxygens (including phenoxy) is 1. The number of phenols is 2. The van der Waals surface area contributed by atoms with Gasteiger partial charge in [-0.1, -0.05) is 12.1 Å². The minimum atomic E-state index is -0.278. The van der Waals surface area contributed by atoms with Crippen molar-refractivity contribution in [2.24, 2.45) is 5.10 Å². The molecule has 114 valence electrons. The first kappa shape index (κ1) is 15.4. The van der Waals surface area contributed by atoms with Crippen molar-refractivity contribution in [1.82, 2.24) is 5.43 Å². The van der Waals surface area contributed by atoms with Crippen LogP contribution in [0.3, 0.4) is 0 Å². The van der Waals surface area contributed by atoms with Crippen LogP contribution < -0.4 is 10.2 Å². The molecule has 0 unspecified atom stereocenters. The van der Waals surface area contributed by atoms with E-state index in [2.05, 4.69) is 10.5 Å². The molecule has 2 aromatic rings. The van der Waals surface area contributed by atoms with Gasteiger partial charge >= 0.3 is 0 Å². The quantitative estimate of drug-likeness (QED) is 0.580. The molecule has 0 aliphatic carbocycles. The first-order valence-electron chi connectivity index (χ1n) is 6.55. The standard InChI is InChI=1S/C16H16N2O4/c1-22-15-7-4-12(8-14(15)20)10-17-18-16(21)9-11-2-5-13(19)6-3-11/h2-8,10,19-20H,9H2,1H3,(H,18,21)/b17-10-. The van der Waals surface area contributed by atoms with E-state index in [1.165, 1.54) is 31.5 Å². The topological polar surface area (TPSA) is 91.2 Å². The number of carbonyl (C=O) groups is 1. The summed E-state index contributed by atoms with van der Waals surface area (Å²) >= 11 is 0. The average Bonchev–Trinajstić information content (AvgIpc) is 2.50. The Balaban J connectivity index is 1.90. The van der Waals surface area contributed by atoms with E-state index in [9.17, 15) is 9.90 Å². The summed E-state index contributed by atoms with van der Waals surface area (Å²) in [6.45, 7) is 0. The van der Waals surface area contributed by atoms with E-state index in [1.54, 1.807) is 24.3 Å². The van der Waals surface area contributed by atoms with Gasteiger partial charge in [-0.25, -0.2) is 5.43 Å². The number of aromatic hydroxyl groups is 2. The molecular weight excluding hydrogens is 284 g/mol. The summed E-state index contributed by atoms with van der Waals surface area (Å²) in [6, 6.07) is 11.2. The summed E-state index contributed by atoms with van der Waals surface area (Å²) < 4.78 is 4.94. The highest BCUT2D eigenvalue weighted by Crippen LogP contribution is 2.25. The zero-order valence-corrected chi connectivity index (χ0v) is 12.0. The van der Waals surface area contributed by atoms with Gasteiger partial charge in [-0.05, 0) is 41.5 Å². The zero-order chi connectivity index (χ0) is 15.9. The molecule has 0 heterocycles. The molecule has 3 N–H and O–H groups in total. The van der Waals surface area contributed by atoms with Gasteiger partial charge in [0.25, 0.3) is 0 Å². The molecule has 0 saturated heterocycles. The van der Waals surface area contributed by atoms with Gasteiger partial charge in [0.15, 0.2) is 11.5 Å². The number of methoxy groups -OCH3 is 1.